The number of para-hydroxylation sites is 1. The number of hydrogen-bond acceptors (Lipinski definition) is 6. The van der Waals surface area contributed by atoms with E-state index in [4.69, 9.17) is 14.6 Å². The van der Waals surface area contributed by atoms with E-state index in [0.29, 0.717) is 19.4 Å². The Morgan fingerprint density at radius 1 is 1.18 bits per heavy atom. The van der Waals surface area contributed by atoms with Crippen LogP contribution < -0.4 is 5.01 Å². The minimum atomic E-state index is -1.11. The van der Waals surface area contributed by atoms with Gasteiger partial charge in [0, 0.05) is 29.4 Å². The van der Waals surface area contributed by atoms with Gasteiger partial charge in [0.25, 0.3) is 0 Å². The minimum absolute atomic E-state index is 0.000145. The molecule has 0 unspecified atom stereocenters. The van der Waals surface area contributed by atoms with E-state index in [9.17, 15) is 10.2 Å². The number of hydrogen-bond donors (Lipinski definition) is 2. The van der Waals surface area contributed by atoms with Crippen LogP contribution in [0.4, 0.5) is 5.69 Å². The average Bonchev–Trinajstić information content (AvgIpc) is 3.22. The lowest BCUT2D eigenvalue weighted by Crippen LogP contribution is -2.63. The van der Waals surface area contributed by atoms with E-state index in [2.05, 4.69) is 44.5 Å². The zero-order valence-corrected chi connectivity index (χ0v) is 20.4. The van der Waals surface area contributed by atoms with Crippen LogP contribution in [-0.2, 0) is 9.47 Å². The Bertz CT molecular complexity index is 945. The van der Waals surface area contributed by atoms with Gasteiger partial charge in [0.05, 0.1) is 35.6 Å². The van der Waals surface area contributed by atoms with Gasteiger partial charge in [0.2, 0.25) is 0 Å². The molecule has 33 heavy (non-hydrogen) atoms. The van der Waals surface area contributed by atoms with E-state index in [1.807, 2.05) is 38.1 Å². The Labute approximate surface area is 197 Å². The molecule has 2 N–H and O–H groups in total. The first-order valence-corrected chi connectivity index (χ1v) is 12.3. The number of benzene rings is 1. The zero-order chi connectivity index (χ0) is 23.8. The van der Waals surface area contributed by atoms with Crippen molar-refractivity contribution >= 4 is 11.4 Å². The molecule has 0 amide bonds. The molecule has 5 rings (SSSR count). The van der Waals surface area contributed by atoms with E-state index in [0.717, 1.165) is 11.4 Å². The van der Waals surface area contributed by atoms with E-state index in [1.165, 1.54) is 0 Å². The van der Waals surface area contributed by atoms with Crippen molar-refractivity contribution in [2.24, 2.45) is 34.7 Å². The normalized spacial score (nSPS) is 43.5. The fourth-order valence-electron chi connectivity index (χ4n) is 7.21. The third-order valence-corrected chi connectivity index (χ3v) is 8.78. The van der Waals surface area contributed by atoms with Gasteiger partial charge in [-0.1, -0.05) is 31.2 Å². The van der Waals surface area contributed by atoms with Crippen molar-refractivity contribution in [2.75, 3.05) is 11.6 Å². The molecule has 4 aliphatic rings. The largest absolute Gasteiger partial charge is 0.390 e. The number of aliphatic hydroxyl groups is 2. The minimum Gasteiger partial charge on any atom is -0.390 e. The van der Waals surface area contributed by atoms with Crippen LogP contribution in [0.2, 0.25) is 0 Å². The molecular formula is C27H38N2O4. The molecule has 2 aliphatic heterocycles. The molecule has 1 saturated heterocycles. The molecular weight excluding hydrogens is 416 g/mol. The quantitative estimate of drug-likeness (QED) is 0.676. The molecule has 6 heteroatoms. The molecule has 0 spiro atoms. The number of fused-ring (bicyclic) bond motifs is 2. The number of anilines is 1. The number of rotatable bonds is 3. The second-order valence-electron chi connectivity index (χ2n) is 11.5. The molecule has 180 valence electrons. The Morgan fingerprint density at radius 3 is 2.55 bits per heavy atom. The number of hydrazone groups is 1. The van der Waals surface area contributed by atoms with Crippen LogP contribution in [0.3, 0.4) is 0 Å². The van der Waals surface area contributed by atoms with Gasteiger partial charge in [0.15, 0.2) is 5.79 Å². The maximum atomic E-state index is 12.5. The van der Waals surface area contributed by atoms with Gasteiger partial charge in [-0.25, -0.2) is 0 Å². The molecule has 2 heterocycles. The van der Waals surface area contributed by atoms with Crippen LogP contribution in [0.5, 0.6) is 0 Å². The fourth-order valence-corrected chi connectivity index (χ4v) is 7.21. The maximum absolute atomic E-state index is 12.5. The summed E-state index contributed by atoms with van der Waals surface area (Å²) in [7, 11) is 0. The van der Waals surface area contributed by atoms with Gasteiger partial charge in [-0.15, -0.1) is 6.58 Å². The van der Waals surface area contributed by atoms with Crippen molar-refractivity contribution in [3.8, 4) is 0 Å². The first-order chi connectivity index (χ1) is 15.5. The van der Waals surface area contributed by atoms with Gasteiger partial charge in [-0.2, -0.15) is 5.10 Å². The molecule has 1 aromatic carbocycles. The summed E-state index contributed by atoms with van der Waals surface area (Å²) in [5.74, 6) is -1.27. The summed E-state index contributed by atoms with van der Waals surface area (Å²) in [5.41, 5.74) is 0.695. The molecule has 8 atom stereocenters. The van der Waals surface area contributed by atoms with Crippen molar-refractivity contribution in [2.45, 2.75) is 76.6 Å². The second kappa shape index (κ2) is 7.64. The van der Waals surface area contributed by atoms with E-state index in [1.54, 1.807) is 0 Å². The van der Waals surface area contributed by atoms with Crippen LogP contribution in [0, 0.1) is 29.6 Å². The summed E-state index contributed by atoms with van der Waals surface area (Å²) in [6.07, 6.45) is 2.20. The van der Waals surface area contributed by atoms with Gasteiger partial charge < -0.3 is 19.7 Å². The van der Waals surface area contributed by atoms with E-state index in [-0.39, 0.29) is 41.2 Å². The molecule has 0 bridgehead atoms. The van der Waals surface area contributed by atoms with Crippen molar-refractivity contribution in [3.63, 3.8) is 0 Å². The fraction of sp³-hybridized carbons (Fsp3) is 0.667. The highest BCUT2D eigenvalue weighted by Crippen LogP contribution is 2.57. The third kappa shape index (κ3) is 3.33. The molecule has 2 saturated carbocycles. The highest BCUT2D eigenvalue weighted by Gasteiger charge is 2.65. The second-order valence-corrected chi connectivity index (χ2v) is 11.5. The zero-order valence-electron chi connectivity index (χ0n) is 20.4. The van der Waals surface area contributed by atoms with Crippen LogP contribution in [0.15, 0.2) is 48.1 Å². The standard InChI is InChI=1S/C27H38N2O4/c1-7-19-22-21(28-29(25(22,3)4)18-11-9-8-10-12-18)13-16(2)27(19,31)20-14-17-15-32-26(5,6)33-24(17)23(20)30/h7-12,16-17,19-20,22-24,30-31H,1,13-15H2,2-6H3/t16-,17-,19+,20-,22+,23+,24+,27-/m0/s1. The molecule has 0 radical (unpaired) electrons. The first kappa shape index (κ1) is 23.0. The van der Waals surface area contributed by atoms with Crippen molar-refractivity contribution in [1.82, 2.24) is 0 Å². The molecule has 6 nitrogen and oxygen atoms in total. The molecule has 0 aromatic heterocycles. The topological polar surface area (TPSA) is 74.5 Å². The van der Waals surface area contributed by atoms with Gasteiger partial charge >= 0.3 is 0 Å². The SMILES string of the molecule is C=C[C@@H]1[C@@H]2C(=NN(c3ccccc3)C2(C)C)C[C@H](C)[C@@]1(O)[C@H]1C[C@H]2COC(C)(C)O[C@H]2[C@@H]1O. The summed E-state index contributed by atoms with van der Waals surface area (Å²) < 4.78 is 12.0. The summed E-state index contributed by atoms with van der Waals surface area (Å²) >= 11 is 0. The number of nitrogens with zero attached hydrogens (tertiary/aromatic N) is 2. The lowest BCUT2D eigenvalue weighted by molar-refractivity contribution is -0.299. The number of aliphatic hydroxyl groups excluding tert-OH is 1. The Balaban J connectivity index is 1.51. The van der Waals surface area contributed by atoms with Crippen LogP contribution in [0.25, 0.3) is 0 Å². The summed E-state index contributed by atoms with van der Waals surface area (Å²) in [4.78, 5) is 0. The van der Waals surface area contributed by atoms with E-state index < -0.39 is 17.5 Å². The number of ether oxygens (including phenoxy) is 2. The van der Waals surface area contributed by atoms with E-state index >= 15 is 0 Å². The van der Waals surface area contributed by atoms with Gasteiger partial charge in [0.1, 0.15) is 0 Å². The Morgan fingerprint density at radius 2 is 1.88 bits per heavy atom. The van der Waals surface area contributed by atoms with Crippen LogP contribution in [0.1, 0.15) is 47.5 Å². The smallest absolute Gasteiger partial charge is 0.163 e. The summed E-state index contributed by atoms with van der Waals surface area (Å²) in [5, 5.41) is 31.1. The Hall–Kier alpha value is -1.73. The first-order valence-electron chi connectivity index (χ1n) is 12.3. The predicted octanol–water partition coefficient (Wildman–Crippen LogP) is 3.98. The lowest BCUT2D eigenvalue weighted by Gasteiger charge is -2.53. The molecule has 2 aliphatic carbocycles. The Kier molecular flexibility index (Phi) is 5.33. The van der Waals surface area contributed by atoms with Gasteiger partial charge in [-0.05, 0) is 58.6 Å². The van der Waals surface area contributed by atoms with Crippen LogP contribution >= 0.6 is 0 Å². The molecule has 3 fully saturated rings. The van der Waals surface area contributed by atoms with Crippen molar-refractivity contribution < 1.29 is 19.7 Å². The third-order valence-electron chi connectivity index (χ3n) is 8.78. The van der Waals surface area contributed by atoms with Crippen molar-refractivity contribution in [3.05, 3.63) is 43.0 Å². The summed E-state index contributed by atoms with van der Waals surface area (Å²) in [6.45, 7) is 15.0. The van der Waals surface area contributed by atoms with Crippen molar-refractivity contribution in [1.29, 1.82) is 0 Å². The predicted molar refractivity (Wildman–Crippen MR) is 129 cm³/mol. The maximum Gasteiger partial charge on any atom is 0.163 e. The highest BCUT2D eigenvalue weighted by molar-refractivity contribution is 5.93. The lowest BCUT2D eigenvalue weighted by atomic mass is 9.54. The molecule has 1 aromatic rings. The van der Waals surface area contributed by atoms with Crippen LogP contribution in [-0.4, -0.2) is 51.7 Å². The monoisotopic (exact) mass is 454 g/mol. The average molecular weight is 455 g/mol. The highest BCUT2D eigenvalue weighted by atomic mass is 16.7. The van der Waals surface area contributed by atoms with Gasteiger partial charge in [-0.3, -0.25) is 5.01 Å². The summed E-state index contributed by atoms with van der Waals surface area (Å²) in [6, 6.07) is 10.2.